The summed E-state index contributed by atoms with van der Waals surface area (Å²) in [6, 6.07) is -0.652. The van der Waals surface area contributed by atoms with Crippen LogP contribution >= 0.6 is 0 Å². The van der Waals surface area contributed by atoms with E-state index in [1.54, 1.807) is 0 Å². The van der Waals surface area contributed by atoms with Gasteiger partial charge < -0.3 is 15.2 Å². The lowest BCUT2D eigenvalue weighted by Crippen LogP contribution is -2.36. The Kier molecular flexibility index (Phi) is 3.22. The van der Waals surface area contributed by atoms with Gasteiger partial charge in [0.1, 0.15) is 6.04 Å². The van der Waals surface area contributed by atoms with Crippen molar-refractivity contribution in [2.24, 2.45) is 0 Å². The molecule has 0 aromatic heterocycles. The van der Waals surface area contributed by atoms with Crippen LogP contribution in [0.15, 0.2) is 12.2 Å². The van der Waals surface area contributed by atoms with Gasteiger partial charge >= 0.3 is 11.9 Å². The topological polar surface area (TPSA) is 92.7 Å². The maximum absolute atomic E-state index is 11.0. The van der Waals surface area contributed by atoms with E-state index in [1.807, 2.05) is 0 Å². The minimum absolute atomic E-state index is 0.284. The number of carbonyl (C=O) groups excluding carboxylic acids is 2. The highest BCUT2D eigenvalue weighted by Crippen LogP contribution is 2.05. The van der Waals surface area contributed by atoms with Crippen LogP contribution in [0.1, 0.15) is 6.42 Å². The molecule has 0 aromatic rings. The number of aliphatic carboxylic acids is 1. The number of hydrogen-bond donors (Lipinski definition) is 2. The van der Waals surface area contributed by atoms with Crippen molar-refractivity contribution in [3.63, 3.8) is 0 Å². The Balaban J connectivity index is 2.40. The van der Waals surface area contributed by atoms with Crippen molar-refractivity contribution in [1.29, 1.82) is 0 Å². The third kappa shape index (κ3) is 2.89. The second-order valence-corrected chi connectivity index (χ2v) is 2.69. The Labute approximate surface area is 79.5 Å². The molecule has 0 aliphatic carbocycles. The summed E-state index contributed by atoms with van der Waals surface area (Å²) in [5, 5.41) is 10.5. The smallest absolute Gasteiger partial charge is 0.328 e. The maximum atomic E-state index is 11.0. The third-order valence-electron chi connectivity index (χ3n) is 1.63. The van der Waals surface area contributed by atoms with Crippen molar-refractivity contribution < 1.29 is 24.2 Å². The fourth-order valence-corrected chi connectivity index (χ4v) is 0.994. The zero-order chi connectivity index (χ0) is 10.6. The number of esters is 1. The first-order valence-electron chi connectivity index (χ1n) is 3.98. The van der Waals surface area contributed by atoms with E-state index in [-0.39, 0.29) is 6.61 Å². The summed E-state index contributed by atoms with van der Waals surface area (Å²) in [4.78, 5) is 31.9. The summed E-state index contributed by atoms with van der Waals surface area (Å²) < 4.78 is 4.60. The first-order chi connectivity index (χ1) is 6.59. The second kappa shape index (κ2) is 4.40. The lowest BCUT2D eigenvalue weighted by molar-refractivity contribution is -0.140. The Morgan fingerprint density at radius 1 is 1.50 bits per heavy atom. The van der Waals surface area contributed by atoms with Crippen LogP contribution in [0.2, 0.25) is 0 Å². The van der Waals surface area contributed by atoms with Crippen molar-refractivity contribution in [2.45, 2.75) is 12.5 Å². The summed E-state index contributed by atoms with van der Waals surface area (Å²) in [6.45, 7) is 0.284. The van der Waals surface area contributed by atoms with Gasteiger partial charge in [0.05, 0.1) is 6.61 Å². The molecule has 6 heteroatoms. The average Bonchev–Trinajstić information content (AvgIpc) is 2.49. The van der Waals surface area contributed by atoms with Gasteiger partial charge in [-0.3, -0.25) is 4.79 Å². The number of carbonyl (C=O) groups is 3. The van der Waals surface area contributed by atoms with Gasteiger partial charge in [0.15, 0.2) is 0 Å². The van der Waals surface area contributed by atoms with Gasteiger partial charge in [0, 0.05) is 18.6 Å². The van der Waals surface area contributed by atoms with Crippen molar-refractivity contribution in [1.82, 2.24) is 5.32 Å². The largest absolute Gasteiger partial charge is 0.478 e. The van der Waals surface area contributed by atoms with Gasteiger partial charge in [-0.15, -0.1) is 0 Å². The molecule has 2 N–H and O–H groups in total. The van der Waals surface area contributed by atoms with Gasteiger partial charge in [0.2, 0.25) is 5.91 Å². The number of rotatable bonds is 3. The lowest BCUT2D eigenvalue weighted by Gasteiger charge is -2.04. The summed E-state index contributed by atoms with van der Waals surface area (Å²) in [7, 11) is 0. The fourth-order valence-electron chi connectivity index (χ4n) is 0.994. The van der Waals surface area contributed by atoms with Crippen LogP contribution in [0.4, 0.5) is 0 Å². The van der Waals surface area contributed by atoms with E-state index >= 15 is 0 Å². The van der Waals surface area contributed by atoms with E-state index in [0.29, 0.717) is 12.5 Å². The van der Waals surface area contributed by atoms with Crippen LogP contribution in [0.3, 0.4) is 0 Å². The molecule has 1 heterocycles. The quantitative estimate of drug-likeness (QED) is 0.452. The molecule has 1 atom stereocenters. The van der Waals surface area contributed by atoms with Crippen molar-refractivity contribution in [3.8, 4) is 0 Å². The molecule has 1 amide bonds. The average molecular weight is 199 g/mol. The number of ether oxygens (including phenoxy) is 1. The predicted octanol–water partition coefficient (Wildman–Crippen LogP) is -0.941. The molecule has 0 radical (unpaired) electrons. The van der Waals surface area contributed by atoms with E-state index in [1.165, 1.54) is 0 Å². The molecular formula is C8H9NO5. The van der Waals surface area contributed by atoms with Crippen molar-refractivity contribution >= 4 is 17.8 Å². The first-order valence-corrected chi connectivity index (χ1v) is 3.98. The summed E-state index contributed by atoms with van der Waals surface area (Å²) in [6.07, 6.45) is 1.98. The van der Waals surface area contributed by atoms with E-state index in [9.17, 15) is 14.4 Å². The molecule has 1 aliphatic rings. The highest BCUT2D eigenvalue weighted by Gasteiger charge is 2.27. The van der Waals surface area contributed by atoms with E-state index in [2.05, 4.69) is 10.1 Å². The minimum Gasteiger partial charge on any atom is -0.478 e. The van der Waals surface area contributed by atoms with Crippen molar-refractivity contribution in [3.05, 3.63) is 12.2 Å². The third-order valence-corrected chi connectivity index (χ3v) is 1.63. The molecule has 0 unspecified atom stereocenters. The van der Waals surface area contributed by atoms with E-state index in [4.69, 9.17) is 5.11 Å². The summed E-state index contributed by atoms with van der Waals surface area (Å²) in [5.41, 5.74) is 0. The second-order valence-electron chi connectivity index (χ2n) is 2.69. The molecule has 1 saturated heterocycles. The summed E-state index contributed by atoms with van der Waals surface area (Å²) in [5.74, 6) is -2.31. The van der Waals surface area contributed by atoms with Crippen LogP contribution in [-0.2, 0) is 19.1 Å². The zero-order valence-corrected chi connectivity index (χ0v) is 7.23. The van der Waals surface area contributed by atoms with Crippen molar-refractivity contribution in [2.75, 3.05) is 6.61 Å². The fraction of sp³-hybridized carbons (Fsp3) is 0.375. The maximum Gasteiger partial charge on any atom is 0.328 e. The molecule has 1 aliphatic heterocycles. The molecule has 1 rings (SSSR count). The molecule has 1 fully saturated rings. The number of carboxylic acid groups (broad SMARTS) is 1. The molecule has 76 valence electrons. The number of hydrogen-bond acceptors (Lipinski definition) is 4. The Hall–Kier alpha value is -1.85. The van der Waals surface area contributed by atoms with E-state index < -0.39 is 23.9 Å². The Bertz CT molecular complexity index is 296. The number of amides is 1. The Morgan fingerprint density at radius 2 is 2.21 bits per heavy atom. The van der Waals surface area contributed by atoms with Crippen LogP contribution in [0.5, 0.6) is 0 Å². The monoisotopic (exact) mass is 199 g/mol. The number of cyclic esters (lactones) is 1. The van der Waals surface area contributed by atoms with E-state index in [0.717, 1.165) is 6.08 Å². The molecular weight excluding hydrogens is 190 g/mol. The highest BCUT2D eigenvalue weighted by atomic mass is 16.5. The zero-order valence-electron chi connectivity index (χ0n) is 7.23. The van der Waals surface area contributed by atoms with Crippen LogP contribution in [0, 0.1) is 0 Å². The standard InChI is InChI=1S/C8H9NO5/c10-6(1-2-7(11)12)9-5-3-4-14-8(5)13/h1-2,5H,3-4H2,(H,9,10)(H,11,12)/t5-/m0/s1. The molecule has 0 bridgehead atoms. The lowest BCUT2D eigenvalue weighted by atomic mass is 10.2. The number of carboxylic acids is 1. The summed E-state index contributed by atoms with van der Waals surface area (Å²) >= 11 is 0. The molecule has 0 spiro atoms. The van der Waals surface area contributed by atoms with Crippen LogP contribution in [-0.4, -0.2) is 35.6 Å². The van der Waals surface area contributed by atoms with Gasteiger partial charge in [0.25, 0.3) is 0 Å². The molecule has 14 heavy (non-hydrogen) atoms. The Morgan fingerprint density at radius 3 is 2.71 bits per heavy atom. The van der Waals surface area contributed by atoms with Gasteiger partial charge in [-0.2, -0.15) is 0 Å². The minimum atomic E-state index is -1.21. The van der Waals surface area contributed by atoms with Crippen LogP contribution < -0.4 is 5.32 Å². The molecule has 0 aromatic carbocycles. The van der Waals surface area contributed by atoms with Gasteiger partial charge in [-0.05, 0) is 0 Å². The number of nitrogens with one attached hydrogen (secondary N) is 1. The SMILES string of the molecule is O=C(O)C=CC(=O)N[C@H]1CCOC1=O. The highest BCUT2D eigenvalue weighted by molar-refractivity contribution is 5.96. The normalized spacial score (nSPS) is 20.9. The first kappa shape index (κ1) is 10.2. The van der Waals surface area contributed by atoms with Gasteiger partial charge in [-0.1, -0.05) is 0 Å². The molecule has 0 saturated carbocycles. The van der Waals surface area contributed by atoms with Gasteiger partial charge in [-0.25, -0.2) is 9.59 Å². The molecule has 6 nitrogen and oxygen atoms in total. The van der Waals surface area contributed by atoms with Crippen LogP contribution in [0.25, 0.3) is 0 Å². The predicted molar refractivity (Wildman–Crippen MR) is 44.3 cm³/mol.